The predicted octanol–water partition coefficient (Wildman–Crippen LogP) is 1.74. The third-order valence-electron chi connectivity index (χ3n) is 3.97. The molecule has 106 valence electrons. The van der Waals surface area contributed by atoms with Gasteiger partial charge < -0.3 is 16.0 Å². The summed E-state index contributed by atoms with van der Waals surface area (Å²) in [5.41, 5.74) is 8.08. The molecule has 0 unspecified atom stereocenters. The van der Waals surface area contributed by atoms with Crippen molar-refractivity contribution in [2.24, 2.45) is 0 Å². The molecule has 1 aromatic carbocycles. The molecular weight excluding hydrogens is 250 g/mol. The Bertz CT molecular complexity index is 631. The number of likely N-dealkylation sites (N-methyl/N-ethyl adjacent to an activating group) is 1. The molecule has 3 rings (SSSR count). The molecule has 0 amide bonds. The lowest BCUT2D eigenvalue weighted by atomic mass is 10.0. The first kappa shape index (κ1) is 13.1. The summed E-state index contributed by atoms with van der Waals surface area (Å²) in [5, 5.41) is 4.35. The maximum atomic E-state index is 5.87. The Kier molecular flexibility index (Phi) is 3.22. The van der Waals surface area contributed by atoms with Crippen molar-refractivity contribution in [3.8, 4) is 0 Å². The Morgan fingerprint density at radius 3 is 2.70 bits per heavy atom. The van der Waals surface area contributed by atoms with Crippen molar-refractivity contribution in [1.82, 2.24) is 15.3 Å². The van der Waals surface area contributed by atoms with E-state index >= 15 is 0 Å². The van der Waals surface area contributed by atoms with Crippen molar-refractivity contribution >= 4 is 22.7 Å². The molecule has 2 aromatic rings. The number of rotatable bonds is 3. The van der Waals surface area contributed by atoms with E-state index in [9.17, 15) is 0 Å². The van der Waals surface area contributed by atoms with Crippen molar-refractivity contribution in [3.05, 3.63) is 23.8 Å². The van der Waals surface area contributed by atoms with E-state index in [-0.39, 0.29) is 0 Å². The van der Waals surface area contributed by atoms with Gasteiger partial charge in [0, 0.05) is 24.5 Å². The summed E-state index contributed by atoms with van der Waals surface area (Å²) in [5.74, 6) is 1.78. The Morgan fingerprint density at radius 1 is 1.30 bits per heavy atom. The molecule has 1 aromatic heterocycles. The summed E-state index contributed by atoms with van der Waals surface area (Å²) in [6, 6.07) is 6.94. The molecule has 1 saturated heterocycles. The van der Waals surface area contributed by atoms with Crippen LogP contribution in [0.2, 0.25) is 0 Å². The van der Waals surface area contributed by atoms with Crippen LogP contribution in [0.3, 0.4) is 0 Å². The highest BCUT2D eigenvalue weighted by atomic mass is 15.3. The number of nitrogens with zero attached hydrogens (tertiary/aromatic N) is 3. The molecule has 1 fully saturated rings. The highest BCUT2D eigenvalue weighted by molar-refractivity contribution is 5.91. The SMILES string of the molecule is CNC1CN(c2nc(N)nc3cc(C(C)C)ccc23)C1. The Labute approximate surface area is 119 Å². The van der Waals surface area contributed by atoms with Crippen molar-refractivity contribution in [2.75, 3.05) is 30.8 Å². The van der Waals surface area contributed by atoms with Gasteiger partial charge in [0.2, 0.25) is 5.95 Å². The van der Waals surface area contributed by atoms with E-state index in [2.05, 4.69) is 52.2 Å². The van der Waals surface area contributed by atoms with Gasteiger partial charge in [0.05, 0.1) is 5.52 Å². The van der Waals surface area contributed by atoms with Gasteiger partial charge in [0.15, 0.2) is 0 Å². The highest BCUT2D eigenvalue weighted by Gasteiger charge is 2.28. The fraction of sp³-hybridized carbons (Fsp3) is 0.467. The van der Waals surface area contributed by atoms with Crippen molar-refractivity contribution in [3.63, 3.8) is 0 Å². The monoisotopic (exact) mass is 271 g/mol. The van der Waals surface area contributed by atoms with E-state index in [1.165, 1.54) is 5.56 Å². The summed E-state index contributed by atoms with van der Waals surface area (Å²) in [4.78, 5) is 11.1. The molecule has 5 heteroatoms. The average molecular weight is 271 g/mol. The molecule has 0 atom stereocenters. The van der Waals surface area contributed by atoms with Gasteiger partial charge >= 0.3 is 0 Å². The van der Waals surface area contributed by atoms with Crippen molar-refractivity contribution in [2.45, 2.75) is 25.8 Å². The number of aromatic nitrogens is 2. The van der Waals surface area contributed by atoms with Crippen LogP contribution in [0.4, 0.5) is 11.8 Å². The topological polar surface area (TPSA) is 67.1 Å². The Morgan fingerprint density at radius 2 is 2.05 bits per heavy atom. The maximum absolute atomic E-state index is 5.87. The molecule has 0 saturated carbocycles. The van der Waals surface area contributed by atoms with Crippen LogP contribution in [0.25, 0.3) is 10.9 Å². The zero-order valence-corrected chi connectivity index (χ0v) is 12.2. The minimum atomic E-state index is 0.348. The van der Waals surface area contributed by atoms with Crippen molar-refractivity contribution < 1.29 is 0 Å². The first-order valence-corrected chi connectivity index (χ1v) is 7.08. The maximum Gasteiger partial charge on any atom is 0.222 e. The van der Waals surface area contributed by atoms with Gasteiger partial charge in [-0.05, 0) is 30.7 Å². The fourth-order valence-electron chi connectivity index (χ4n) is 2.58. The van der Waals surface area contributed by atoms with E-state index in [0.717, 1.165) is 29.8 Å². The van der Waals surface area contributed by atoms with E-state index in [4.69, 9.17) is 5.73 Å². The lowest BCUT2D eigenvalue weighted by Gasteiger charge is -2.40. The van der Waals surface area contributed by atoms with Gasteiger partial charge in [0.25, 0.3) is 0 Å². The molecule has 0 radical (unpaired) electrons. The third-order valence-corrected chi connectivity index (χ3v) is 3.97. The van der Waals surface area contributed by atoms with E-state index in [0.29, 0.717) is 17.9 Å². The lowest BCUT2D eigenvalue weighted by molar-refractivity contribution is 0.448. The summed E-state index contributed by atoms with van der Waals surface area (Å²) in [6.45, 7) is 6.29. The standard InChI is InChI=1S/C15H21N5/c1-9(2)10-4-5-12-13(6-10)18-15(16)19-14(12)20-7-11(8-20)17-3/h4-6,9,11,17H,7-8H2,1-3H3,(H2,16,18,19). The van der Waals surface area contributed by atoms with Crippen molar-refractivity contribution in [1.29, 1.82) is 0 Å². The highest BCUT2D eigenvalue weighted by Crippen LogP contribution is 2.30. The lowest BCUT2D eigenvalue weighted by Crippen LogP contribution is -2.57. The number of anilines is 2. The molecular formula is C15H21N5. The molecule has 3 N–H and O–H groups in total. The quantitative estimate of drug-likeness (QED) is 0.890. The molecule has 2 heterocycles. The minimum Gasteiger partial charge on any atom is -0.368 e. The normalized spacial score (nSPS) is 15.9. The summed E-state index contributed by atoms with van der Waals surface area (Å²) < 4.78 is 0. The Hall–Kier alpha value is -1.88. The second kappa shape index (κ2) is 4.90. The van der Waals surface area contributed by atoms with Crippen LogP contribution in [0.1, 0.15) is 25.3 Å². The molecule has 0 bridgehead atoms. The second-order valence-electron chi connectivity index (χ2n) is 5.73. The van der Waals surface area contributed by atoms with Crippen LogP contribution >= 0.6 is 0 Å². The molecule has 0 aliphatic carbocycles. The zero-order chi connectivity index (χ0) is 14.3. The smallest absolute Gasteiger partial charge is 0.222 e. The van der Waals surface area contributed by atoms with E-state index < -0.39 is 0 Å². The number of hydrogen-bond acceptors (Lipinski definition) is 5. The summed E-state index contributed by atoms with van der Waals surface area (Å²) >= 11 is 0. The van der Waals surface area contributed by atoms with E-state index in [1.807, 2.05) is 7.05 Å². The van der Waals surface area contributed by atoms with Gasteiger partial charge in [0.1, 0.15) is 5.82 Å². The van der Waals surface area contributed by atoms with Crippen LogP contribution < -0.4 is 16.0 Å². The second-order valence-corrected chi connectivity index (χ2v) is 5.73. The number of fused-ring (bicyclic) bond motifs is 1. The van der Waals surface area contributed by atoms with Crippen LogP contribution in [0.15, 0.2) is 18.2 Å². The number of nitrogen functional groups attached to an aromatic ring is 1. The number of nitrogens with one attached hydrogen (secondary N) is 1. The molecule has 1 aliphatic rings. The molecule has 5 nitrogen and oxygen atoms in total. The van der Waals surface area contributed by atoms with Gasteiger partial charge in [-0.3, -0.25) is 0 Å². The first-order valence-electron chi connectivity index (χ1n) is 7.08. The van der Waals surface area contributed by atoms with E-state index in [1.54, 1.807) is 0 Å². The van der Waals surface area contributed by atoms with Crippen LogP contribution in [0, 0.1) is 0 Å². The van der Waals surface area contributed by atoms with Crippen LogP contribution in [-0.4, -0.2) is 36.1 Å². The zero-order valence-electron chi connectivity index (χ0n) is 12.2. The predicted molar refractivity (Wildman–Crippen MR) is 83.1 cm³/mol. The summed E-state index contributed by atoms with van der Waals surface area (Å²) in [7, 11) is 1.99. The van der Waals surface area contributed by atoms with Gasteiger partial charge in [-0.2, -0.15) is 4.98 Å². The number of benzene rings is 1. The molecule has 0 spiro atoms. The van der Waals surface area contributed by atoms with Crippen LogP contribution in [0.5, 0.6) is 0 Å². The number of hydrogen-bond donors (Lipinski definition) is 2. The largest absolute Gasteiger partial charge is 0.368 e. The van der Waals surface area contributed by atoms with Gasteiger partial charge in [-0.1, -0.05) is 19.9 Å². The summed E-state index contributed by atoms with van der Waals surface area (Å²) in [6.07, 6.45) is 0. The third kappa shape index (κ3) is 2.18. The average Bonchev–Trinajstić information content (AvgIpc) is 2.36. The fourth-order valence-corrected chi connectivity index (χ4v) is 2.58. The molecule has 20 heavy (non-hydrogen) atoms. The van der Waals surface area contributed by atoms with Gasteiger partial charge in [-0.25, -0.2) is 4.98 Å². The Balaban J connectivity index is 2.04. The minimum absolute atomic E-state index is 0.348. The number of nitrogens with two attached hydrogens (primary N) is 1. The van der Waals surface area contributed by atoms with Crippen LogP contribution in [-0.2, 0) is 0 Å². The molecule has 1 aliphatic heterocycles. The first-order chi connectivity index (χ1) is 9.58. The van der Waals surface area contributed by atoms with Gasteiger partial charge in [-0.15, -0.1) is 0 Å².